The van der Waals surface area contributed by atoms with Crippen LogP contribution in [0.3, 0.4) is 0 Å². The standard InChI is InChI=1S/C24H24N2O6S/c27-24(25-19-6-8-22(9-7-19)32-21-4-2-1-3-5-21)18-31-20-10-12-23(13-11-20)33(28,29)26-14-16-30-17-15-26/h1-13H,14-18H2,(H,25,27). The second-order valence-corrected chi connectivity index (χ2v) is 9.20. The maximum Gasteiger partial charge on any atom is 0.262 e. The van der Waals surface area contributed by atoms with Gasteiger partial charge in [-0.25, -0.2) is 8.42 Å². The van der Waals surface area contributed by atoms with Crippen LogP contribution in [0.25, 0.3) is 0 Å². The summed E-state index contributed by atoms with van der Waals surface area (Å²) in [6.45, 7) is 1.23. The van der Waals surface area contributed by atoms with Crippen LogP contribution in [0.15, 0.2) is 83.8 Å². The molecule has 3 aromatic carbocycles. The molecule has 3 aromatic rings. The molecule has 8 nitrogen and oxygen atoms in total. The molecule has 0 aromatic heterocycles. The molecular weight excluding hydrogens is 444 g/mol. The fourth-order valence-electron chi connectivity index (χ4n) is 3.22. The predicted octanol–water partition coefficient (Wildman–Crippen LogP) is 3.52. The Balaban J connectivity index is 1.27. The Bertz CT molecular complexity index is 1160. The molecule has 1 N–H and O–H groups in total. The number of carbonyl (C=O) groups is 1. The van der Waals surface area contributed by atoms with Gasteiger partial charge in [-0.1, -0.05) is 18.2 Å². The molecule has 1 aliphatic rings. The zero-order valence-electron chi connectivity index (χ0n) is 17.8. The lowest BCUT2D eigenvalue weighted by Gasteiger charge is -2.26. The van der Waals surface area contributed by atoms with Gasteiger partial charge < -0.3 is 19.5 Å². The molecule has 9 heteroatoms. The number of nitrogens with zero attached hydrogens (tertiary/aromatic N) is 1. The number of morpholine rings is 1. The molecule has 4 rings (SSSR count). The Morgan fingerprint density at radius 1 is 0.848 bits per heavy atom. The summed E-state index contributed by atoms with van der Waals surface area (Å²) in [5.41, 5.74) is 0.607. The molecule has 1 heterocycles. The fourth-order valence-corrected chi connectivity index (χ4v) is 4.63. The third-order valence-corrected chi connectivity index (χ3v) is 6.83. The number of rotatable bonds is 8. The maximum atomic E-state index is 12.7. The summed E-state index contributed by atoms with van der Waals surface area (Å²) in [6, 6.07) is 22.4. The van der Waals surface area contributed by atoms with Gasteiger partial charge in [0.1, 0.15) is 17.2 Å². The minimum absolute atomic E-state index is 0.180. The molecule has 0 aliphatic carbocycles. The fraction of sp³-hybridized carbons (Fsp3) is 0.208. The van der Waals surface area contributed by atoms with Gasteiger partial charge in [0.2, 0.25) is 10.0 Å². The molecule has 1 aliphatic heterocycles. The number of hydrogen-bond donors (Lipinski definition) is 1. The number of benzene rings is 3. The zero-order chi connectivity index (χ0) is 23.1. The van der Waals surface area contributed by atoms with Crippen molar-refractivity contribution in [1.82, 2.24) is 4.31 Å². The van der Waals surface area contributed by atoms with Crippen LogP contribution in [0, 0.1) is 0 Å². The van der Waals surface area contributed by atoms with Crippen molar-refractivity contribution in [3.05, 3.63) is 78.9 Å². The second kappa shape index (κ2) is 10.5. The van der Waals surface area contributed by atoms with Crippen molar-refractivity contribution in [2.24, 2.45) is 0 Å². The first kappa shape index (κ1) is 22.8. The van der Waals surface area contributed by atoms with E-state index in [9.17, 15) is 13.2 Å². The van der Waals surface area contributed by atoms with Crippen molar-refractivity contribution in [1.29, 1.82) is 0 Å². The minimum atomic E-state index is -3.57. The van der Waals surface area contributed by atoms with Gasteiger partial charge in [0.15, 0.2) is 6.61 Å². The van der Waals surface area contributed by atoms with Crippen LogP contribution < -0.4 is 14.8 Å². The Hall–Kier alpha value is -3.40. The molecule has 1 saturated heterocycles. The van der Waals surface area contributed by atoms with Gasteiger partial charge in [-0.2, -0.15) is 4.31 Å². The van der Waals surface area contributed by atoms with Gasteiger partial charge in [-0.05, 0) is 60.7 Å². The molecule has 0 radical (unpaired) electrons. The highest BCUT2D eigenvalue weighted by Gasteiger charge is 2.26. The van der Waals surface area contributed by atoms with Crippen molar-refractivity contribution in [3.63, 3.8) is 0 Å². The van der Waals surface area contributed by atoms with Gasteiger partial charge in [0.25, 0.3) is 5.91 Å². The van der Waals surface area contributed by atoms with Gasteiger partial charge >= 0.3 is 0 Å². The van der Waals surface area contributed by atoms with E-state index < -0.39 is 10.0 Å². The number of para-hydroxylation sites is 1. The highest BCUT2D eigenvalue weighted by Crippen LogP contribution is 2.23. The topological polar surface area (TPSA) is 94.2 Å². The molecule has 1 amide bonds. The molecule has 0 unspecified atom stereocenters. The van der Waals surface area contributed by atoms with E-state index in [1.165, 1.54) is 28.6 Å². The summed E-state index contributed by atoms with van der Waals surface area (Å²) in [7, 11) is -3.57. The zero-order valence-corrected chi connectivity index (χ0v) is 18.7. The number of carbonyl (C=O) groups excluding carboxylic acids is 1. The molecule has 0 atom stereocenters. The van der Waals surface area contributed by atoms with Crippen LogP contribution in [0.5, 0.6) is 17.2 Å². The summed E-state index contributed by atoms with van der Waals surface area (Å²) < 4.78 is 43.1. The van der Waals surface area contributed by atoms with E-state index in [4.69, 9.17) is 14.2 Å². The maximum absolute atomic E-state index is 12.7. The molecule has 172 valence electrons. The first-order valence-corrected chi connectivity index (χ1v) is 11.9. The number of amides is 1. The lowest BCUT2D eigenvalue weighted by Crippen LogP contribution is -2.40. The van der Waals surface area contributed by atoms with Gasteiger partial charge in [0.05, 0.1) is 18.1 Å². The van der Waals surface area contributed by atoms with Crippen molar-refractivity contribution < 1.29 is 27.4 Å². The normalized spacial score (nSPS) is 14.4. The van der Waals surface area contributed by atoms with Crippen LogP contribution in [0.1, 0.15) is 0 Å². The average Bonchev–Trinajstić information content (AvgIpc) is 2.85. The van der Waals surface area contributed by atoms with Crippen molar-refractivity contribution >= 4 is 21.6 Å². The van der Waals surface area contributed by atoms with Crippen molar-refractivity contribution in [3.8, 4) is 17.2 Å². The summed E-state index contributed by atoms with van der Waals surface area (Å²) in [5, 5.41) is 2.75. The third-order valence-electron chi connectivity index (χ3n) is 4.92. The largest absolute Gasteiger partial charge is 0.484 e. The van der Waals surface area contributed by atoms with Crippen molar-refractivity contribution in [2.75, 3.05) is 38.2 Å². The van der Waals surface area contributed by atoms with Crippen LogP contribution in [0.4, 0.5) is 5.69 Å². The number of nitrogens with one attached hydrogen (secondary N) is 1. The first-order valence-electron chi connectivity index (χ1n) is 10.4. The monoisotopic (exact) mass is 468 g/mol. The van der Waals surface area contributed by atoms with Crippen molar-refractivity contribution in [2.45, 2.75) is 4.90 Å². The smallest absolute Gasteiger partial charge is 0.262 e. The third kappa shape index (κ3) is 6.10. The molecule has 0 spiro atoms. The lowest BCUT2D eigenvalue weighted by molar-refractivity contribution is -0.118. The van der Waals surface area contributed by atoms with E-state index in [0.717, 1.165) is 5.75 Å². The molecule has 1 fully saturated rings. The molecule has 0 bridgehead atoms. The number of anilines is 1. The SMILES string of the molecule is O=C(COc1ccc(S(=O)(=O)N2CCOCC2)cc1)Nc1ccc(Oc2ccccc2)cc1. The van der Waals surface area contributed by atoms with E-state index in [1.54, 1.807) is 24.3 Å². The summed E-state index contributed by atoms with van der Waals surface area (Å²) in [6.07, 6.45) is 0. The second-order valence-electron chi connectivity index (χ2n) is 7.26. The average molecular weight is 469 g/mol. The minimum Gasteiger partial charge on any atom is -0.484 e. The molecule has 0 saturated carbocycles. The number of sulfonamides is 1. The first-order chi connectivity index (χ1) is 16.0. The Kier molecular flexibility index (Phi) is 7.23. The summed E-state index contributed by atoms with van der Waals surface area (Å²) in [4.78, 5) is 12.4. The molecule has 33 heavy (non-hydrogen) atoms. The van der Waals surface area contributed by atoms with E-state index in [2.05, 4.69) is 5.32 Å². The van der Waals surface area contributed by atoms with E-state index in [-0.39, 0.29) is 17.4 Å². The molecular formula is C24H24N2O6S. The van der Waals surface area contributed by atoms with E-state index in [1.807, 2.05) is 30.3 Å². The highest BCUT2D eigenvalue weighted by atomic mass is 32.2. The van der Waals surface area contributed by atoms with Crippen LogP contribution >= 0.6 is 0 Å². The van der Waals surface area contributed by atoms with Gasteiger partial charge in [0, 0.05) is 18.8 Å². The van der Waals surface area contributed by atoms with E-state index in [0.29, 0.717) is 43.5 Å². The summed E-state index contributed by atoms with van der Waals surface area (Å²) in [5.74, 6) is 1.45. The highest BCUT2D eigenvalue weighted by molar-refractivity contribution is 7.89. The number of ether oxygens (including phenoxy) is 3. The van der Waals surface area contributed by atoms with Crippen LogP contribution in [-0.4, -0.2) is 51.5 Å². The quantitative estimate of drug-likeness (QED) is 0.544. The number of hydrogen-bond acceptors (Lipinski definition) is 6. The lowest BCUT2D eigenvalue weighted by atomic mass is 10.3. The predicted molar refractivity (Wildman–Crippen MR) is 123 cm³/mol. The van der Waals surface area contributed by atoms with E-state index >= 15 is 0 Å². The Labute approximate surface area is 192 Å². The van der Waals surface area contributed by atoms with Crippen LogP contribution in [0.2, 0.25) is 0 Å². The summed E-state index contributed by atoms with van der Waals surface area (Å²) >= 11 is 0. The van der Waals surface area contributed by atoms with Gasteiger partial charge in [-0.15, -0.1) is 0 Å². The Morgan fingerprint density at radius 2 is 1.45 bits per heavy atom. The Morgan fingerprint density at radius 3 is 2.12 bits per heavy atom. The van der Waals surface area contributed by atoms with Gasteiger partial charge in [-0.3, -0.25) is 4.79 Å². The van der Waals surface area contributed by atoms with Crippen LogP contribution in [-0.2, 0) is 19.6 Å².